The van der Waals surface area contributed by atoms with Crippen LogP contribution in [0.3, 0.4) is 0 Å². The van der Waals surface area contributed by atoms with E-state index in [1.54, 1.807) is 9.13 Å². The summed E-state index contributed by atoms with van der Waals surface area (Å²) < 4.78 is 3.38. The van der Waals surface area contributed by atoms with Gasteiger partial charge >= 0.3 is 5.69 Å². The second kappa shape index (κ2) is 10.9. The van der Waals surface area contributed by atoms with E-state index in [1.165, 1.54) is 21.5 Å². The van der Waals surface area contributed by atoms with Crippen LogP contribution < -0.4 is 5.69 Å². The Morgan fingerprint density at radius 3 is 1.96 bits per heavy atom. The first-order chi connectivity index (χ1) is 23.5. The lowest BCUT2D eigenvalue weighted by molar-refractivity contribution is 0.795. The van der Waals surface area contributed by atoms with Crippen LogP contribution in [0.25, 0.3) is 88.4 Å². The Kier molecular flexibility index (Phi) is 6.34. The summed E-state index contributed by atoms with van der Waals surface area (Å²) in [5.41, 5.74) is 8.63. The monoisotopic (exact) mass is 618 g/mol. The second-order valence-corrected chi connectivity index (χ2v) is 12.4. The second-order valence-electron chi connectivity index (χ2n) is 12.4. The summed E-state index contributed by atoms with van der Waals surface area (Å²) in [7, 11) is 3.63. The van der Waals surface area contributed by atoms with Crippen LogP contribution >= 0.6 is 0 Å². The largest absolute Gasteiger partial charge is 0.328 e. The number of aryl methyl sites for hydroxylation is 2. The number of fused-ring (bicyclic) bond motifs is 5. The van der Waals surface area contributed by atoms with Gasteiger partial charge < -0.3 is 0 Å². The lowest BCUT2D eigenvalue weighted by atomic mass is 9.91. The first-order valence-corrected chi connectivity index (χ1v) is 16.1. The summed E-state index contributed by atoms with van der Waals surface area (Å²) in [5, 5.41) is 7.12. The van der Waals surface area contributed by atoms with Crippen molar-refractivity contribution < 1.29 is 0 Å². The Morgan fingerprint density at radius 2 is 1.10 bits per heavy atom. The molecule has 0 saturated heterocycles. The molecular formula is C43H30N4O. The highest BCUT2D eigenvalue weighted by Gasteiger charge is 2.17. The summed E-state index contributed by atoms with van der Waals surface area (Å²) in [5.74, 6) is 0.677. The summed E-state index contributed by atoms with van der Waals surface area (Å²) in [6, 6.07) is 50.9. The molecule has 0 N–H and O–H groups in total. The molecule has 9 rings (SSSR count). The van der Waals surface area contributed by atoms with E-state index < -0.39 is 0 Å². The first-order valence-electron chi connectivity index (χ1n) is 16.1. The van der Waals surface area contributed by atoms with Gasteiger partial charge in [0.2, 0.25) is 0 Å². The van der Waals surface area contributed by atoms with Crippen LogP contribution in [0.1, 0.15) is 0 Å². The highest BCUT2D eigenvalue weighted by atomic mass is 16.1. The molecule has 48 heavy (non-hydrogen) atoms. The van der Waals surface area contributed by atoms with Crippen LogP contribution in [0, 0.1) is 0 Å². The molecule has 0 saturated carbocycles. The average Bonchev–Trinajstić information content (AvgIpc) is 3.36. The number of nitrogens with zero attached hydrogens (tertiary/aromatic N) is 4. The van der Waals surface area contributed by atoms with Gasteiger partial charge in [0, 0.05) is 30.8 Å². The lowest BCUT2D eigenvalue weighted by Gasteiger charge is -2.15. The molecular weight excluding hydrogens is 589 g/mol. The smallest absolute Gasteiger partial charge is 0.295 e. The van der Waals surface area contributed by atoms with E-state index in [-0.39, 0.29) is 5.69 Å². The molecule has 0 fully saturated rings. The summed E-state index contributed by atoms with van der Waals surface area (Å²) >= 11 is 0. The van der Waals surface area contributed by atoms with E-state index in [0.29, 0.717) is 5.82 Å². The zero-order valence-electron chi connectivity index (χ0n) is 26.6. The Morgan fingerprint density at radius 1 is 0.438 bits per heavy atom. The number of imidazole rings is 1. The van der Waals surface area contributed by atoms with Crippen molar-refractivity contribution in [2.24, 2.45) is 14.1 Å². The summed E-state index contributed by atoms with van der Waals surface area (Å²) in [6.07, 6.45) is 0. The molecule has 9 aromatic rings. The molecule has 7 aromatic carbocycles. The molecule has 2 heterocycles. The molecule has 0 amide bonds. The standard InChI is InChI=1S/C43H30N4O/c1-46-39-22-20-30(25-40(39)47(2)43(46)48)29-15-10-16-32(23-29)37-26-38(45-42(44-37)28-12-4-3-5-13-28)41-34-18-9-7-14-31(34)24-36-33-17-8-6-11-27(33)19-21-35(36)41/h3-26H,1-2H3. The maximum atomic E-state index is 12.6. The van der Waals surface area contributed by atoms with Gasteiger partial charge in [-0.1, -0.05) is 115 Å². The molecule has 2 aromatic heterocycles. The van der Waals surface area contributed by atoms with E-state index in [0.717, 1.165) is 61.0 Å². The van der Waals surface area contributed by atoms with Gasteiger partial charge in [0.25, 0.3) is 0 Å². The van der Waals surface area contributed by atoms with Crippen molar-refractivity contribution in [3.8, 4) is 45.0 Å². The number of rotatable bonds is 4. The SMILES string of the molecule is Cn1c(=O)n(C)c2cc(-c3cccc(-c4cc(-c5c6ccccc6cc6c5ccc5ccccc56)nc(-c5ccccc5)n4)c3)ccc21. The molecule has 0 radical (unpaired) electrons. The van der Waals surface area contributed by atoms with Crippen LogP contribution in [-0.2, 0) is 14.1 Å². The van der Waals surface area contributed by atoms with E-state index in [4.69, 9.17) is 9.97 Å². The fraction of sp³-hybridized carbons (Fsp3) is 0.0465. The Labute approximate surface area is 277 Å². The third-order valence-corrected chi connectivity index (χ3v) is 9.55. The molecule has 228 valence electrons. The number of hydrogen-bond acceptors (Lipinski definition) is 3. The topological polar surface area (TPSA) is 52.7 Å². The van der Waals surface area contributed by atoms with Crippen molar-refractivity contribution in [3.05, 3.63) is 156 Å². The zero-order valence-corrected chi connectivity index (χ0v) is 26.6. The van der Waals surface area contributed by atoms with Crippen LogP contribution in [0.5, 0.6) is 0 Å². The molecule has 0 bridgehead atoms. The van der Waals surface area contributed by atoms with Gasteiger partial charge in [-0.05, 0) is 73.8 Å². The van der Waals surface area contributed by atoms with Gasteiger partial charge in [-0.25, -0.2) is 14.8 Å². The van der Waals surface area contributed by atoms with Gasteiger partial charge in [0.1, 0.15) is 0 Å². The molecule has 0 atom stereocenters. The Hall–Kier alpha value is -6.33. The van der Waals surface area contributed by atoms with Crippen LogP contribution in [-0.4, -0.2) is 19.1 Å². The zero-order chi connectivity index (χ0) is 32.4. The molecule has 0 aliphatic rings. The minimum Gasteiger partial charge on any atom is -0.295 e. The highest BCUT2D eigenvalue weighted by molar-refractivity contribution is 6.19. The van der Waals surface area contributed by atoms with Crippen molar-refractivity contribution in [1.29, 1.82) is 0 Å². The molecule has 0 aliphatic carbocycles. The molecule has 0 unspecified atom stereocenters. The lowest BCUT2D eigenvalue weighted by Crippen LogP contribution is -2.19. The Balaban J connectivity index is 1.29. The molecule has 0 spiro atoms. The van der Waals surface area contributed by atoms with Gasteiger partial charge in [0.05, 0.1) is 22.4 Å². The fourth-order valence-corrected chi connectivity index (χ4v) is 7.08. The van der Waals surface area contributed by atoms with E-state index >= 15 is 0 Å². The predicted octanol–water partition coefficient (Wildman–Crippen LogP) is 9.79. The van der Waals surface area contributed by atoms with Crippen molar-refractivity contribution in [3.63, 3.8) is 0 Å². The molecule has 5 heteroatoms. The van der Waals surface area contributed by atoms with Crippen molar-refractivity contribution in [2.75, 3.05) is 0 Å². The van der Waals surface area contributed by atoms with Crippen molar-refractivity contribution >= 4 is 43.4 Å². The van der Waals surface area contributed by atoms with Crippen molar-refractivity contribution in [1.82, 2.24) is 19.1 Å². The van der Waals surface area contributed by atoms with Crippen LogP contribution in [0.4, 0.5) is 0 Å². The quantitative estimate of drug-likeness (QED) is 0.146. The third-order valence-electron chi connectivity index (χ3n) is 9.55. The van der Waals surface area contributed by atoms with Crippen molar-refractivity contribution in [2.45, 2.75) is 0 Å². The van der Waals surface area contributed by atoms with E-state index in [1.807, 2.05) is 38.4 Å². The fourth-order valence-electron chi connectivity index (χ4n) is 7.08. The van der Waals surface area contributed by atoms with Gasteiger partial charge in [-0.3, -0.25) is 9.13 Å². The maximum absolute atomic E-state index is 12.6. The molecule has 0 aliphatic heterocycles. The predicted molar refractivity (Wildman–Crippen MR) is 198 cm³/mol. The van der Waals surface area contributed by atoms with Crippen LogP contribution in [0.2, 0.25) is 0 Å². The Bertz CT molecular complexity index is 2770. The highest BCUT2D eigenvalue weighted by Crippen LogP contribution is 2.40. The van der Waals surface area contributed by atoms with Gasteiger partial charge in [-0.15, -0.1) is 0 Å². The number of aromatic nitrogens is 4. The van der Waals surface area contributed by atoms with E-state index in [2.05, 4.69) is 121 Å². The van der Waals surface area contributed by atoms with Gasteiger partial charge in [0.15, 0.2) is 5.82 Å². The van der Waals surface area contributed by atoms with E-state index in [9.17, 15) is 4.79 Å². The maximum Gasteiger partial charge on any atom is 0.328 e. The number of benzene rings is 7. The minimum absolute atomic E-state index is 0.0354. The minimum atomic E-state index is -0.0354. The number of hydrogen-bond donors (Lipinski definition) is 0. The van der Waals surface area contributed by atoms with Gasteiger partial charge in [-0.2, -0.15) is 0 Å². The van der Waals surface area contributed by atoms with Crippen LogP contribution in [0.15, 0.2) is 150 Å². The summed E-state index contributed by atoms with van der Waals surface area (Å²) in [6.45, 7) is 0. The normalized spacial score (nSPS) is 11.6. The molecule has 5 nitrogen and oxygen atoms in total. The average molecular weight is 619 g/mol. The summed E-state index contributed by atoms with van der Waals surface area (Å²) in [4.78, 5) is 23.0. The third kappa shape index (κ3) is 4.43. The first kappa shape index (κ1) is 27.9.